The van der Waals surface area contributed by atoms with E-state index in [1.807, 2.05) is 0 Å². The molecule has 0 aliphatic carbocycles. The third kappa shape index (κ3) is 3.75. The Morgan fingerprint density at radius 1 is 1.17 bits per heavy atom. The van der Waals surface area contributed by atoms with Crippen LogP contribution in [0.3, 0.4) is 0 Å². The molecule has 0 radical (unpaired) electrons. The number of benzene rings is 1. The van der Waals surface area contributed by atoms with Gasteiger partial charge in [-0.3, -0.25) is 4.79 Å². The van der Waals surface area contributed by atoms with Crippen LogP contribution in [0, 0.1) is 0 Å². The van der Waals surface area contributed by atoms with Crippen LogP contribution in [0.4, 0.5) is 11.4 Å². The molecule has 0 unspecified atom stereocenters. The van der Waals surface area contributed by atoms with Gasteiger partial charge in [-0.1, -0.05) is 40.9 Å². The van der Waals surface area contributed by atoms with E-state index in [2.05, 4.69) is 15.2 Å². The van der Waals surface area contributed by atoms with Crippen molar-refractivity contribution in [2.24, 2.45) is 0 Å². The van der Waals surface area contributed by atoms with Gasteiger partial charge in [0, 0.05) is 19.3 Å². The highest BCUT2D eigenvalue weighted by molar-refractivity contribution is 6.41. The minimum absolute atomic E-state index is 0.157. The molecule has 5 nitrogen and oxygen atoms in total. The number of ether oxygens (including phenoxy) is 1. The van der Waals surface area contributed by atoms with E-state index < -0.39 is 0 Å². The number of carbonyl (C=O) groups excluding carboxylic acids is 1. The number of morpholine rings is 1. The normalized spacial score (nSPS) is 14.5. The van der Waals surface area contributed by atoms with Crippen LogP contribution in [0.5, 0.6) is 0 Å². The third-order valence-electron chi connectivity index (χ3n) is 3.62. The Hall–Kier alpha value is -1.53. The van der Waals surface area contributed by atoms with Gasteiger partial charge in [0.1, 0.15) is 5.15 Å². The van der Waals surface area contributed by atoms with Gasteiger partial charge in [0.15, 0.2) is 0 Å². The van der Waals surface area contributed by atoms with Gasteiger partial charge in [0.25, 0.3) is 5.91 Å². The second kappa shape index (κ2) is 7.57. The monoisotopic (exact) mass is 385 g/mol. The third-order valence-corrected chi connectivity index (χ3v) is 4.61. The van der Waals surface area contributed by atoms with Crippen molar-refractivity contribution in [3.8, 4) is 0 Å². The minimum atomic E-state index is -0.335. The molecule has 1 aromatic carbocycles. The number of pyridine rings is 1. The Morgan fingerprint density at radius 2 is 1.92 bits per heavy atom. The second-order valence-corrected chi connectivity index (χ2v) is 6.36. The standard InChI is InChI=1S/C16H14Cl3N3O2/c17-11-2-1-3-13(14(11)22-4-6-24-7-5-22)21-16(23)10-8-12(18)15(19)20-9-10/h1-3,8-9H,4-7H2,(H,21,23). The highest BCUT2D eigenvalue weighted by atomic mass is 35.5. The fourth-order valence-electron chi connectivity index (χ4n) is 2.46. The lowest BCUT2D eigenvalue weighted by Crippen LogP contribution is -2.37. The smallest absolute Gasteiger partial charge is 0.257 e. The molecule has 2 heterocycles. The van der Waals surface area contributed by atoms with Crippen molar-refractivity contribution in [3.05, 3.63) is 51.2 Å². The molecule has 1 aliphatic rings. The number of nitrogens with one attached hydrogen (secondary N) is 1. The molecule has 0 saturated carbocycles. The maximum absolute atomic E-state index is 12.5. The van der Waals surface area contributed by atoms with Crippen molar-refractivity contribution in [1.29, 1.82) is 0 Å². The maximum Gasteiger partial charge on any atom is 0.257 e. The summed E-state index contributed by atoms with van der Waals surface area (Å²) in [5.74, 6) is -0.335. The first-order chi connectivity index (χ1) is 11.6. The first-order valence-electron chi connectivity index (χ1n) is 7.30. The van der Waals surface area contributed by atoms with Gasteiger partial charge in [-0.15, -0.1) is 0 Å². The van der Waals surface area contributed by atoms with E-state index in [4.69, 9.17) is 39.5 Å². The van der Waals surface area contributed by atoms with Crippen LogP contribution >= 0.6 is 34.8 Å². The lowest BCUT2D eigenvalue weighted by molar-refractivity contribution is 0.102. The predicted molar refractivity (Wildman–Crippen MR) is 96.7 cm³/mol. The van der Waals surface area contributed by atoms with Crippen LogP contribution in [0.2, 0.25) is 15.2 Å². The Morgan fingerprint density at radius 3 is 2.62 bits per heavy atom. The van der Waals surface area contributed by atoms with Crippen LogP contribution in [-0.2, 0) is 4.74 Å². The molecule has 3 rings (SSSR count). The zero-order chi connectivity index (χ0) is 17.1. The first kappa shape index (κ1) is 17.3. The van der Waals surface area contributed by atoms with Crippen molar-refractivity contribution in [3.63, 3.8) is 0 Å². The molecule has 2 aromatic rings. The van der Waals surface area contributed by atoms with Gasteiger partial charge in [0.05, 0.1) is 40.2 Å². The van der Waals surface area contributed by atoms with Gasteiger partial charge < -0.3 is 15.0 Å². The molecular formula is C16H14Cl3N3O2. The molecule has 1 fully saturated rings. The number of nitrogens with zero attached hydrogens (tertiary/aromatic N) is 2. The SMILES string of the molecule is O=C(Nc1cccc(Cl)c1N1CCOCC1)c1cnc(Cl)c(Cl)c1. The molecule has 1 amide bonds. The molecule has 126 valence electrons. The Balaban J connectivity index is 1.87. The molecule has 1 N–H and O–H groups in total. The van der Waals surface area contributed by atoms with Crippen LogP contribution in [0.25, 0.3) is 0 Å². The van der Waals surface area contributed by atoms with Gasteiger partial charge >= 0.3 is 0 Å². The number of hydrogen-bond acceptors (Lipinski definition) is 4. The summed E-state index contributed by atoms with van der Waals surface area (Å²) in [6.07, 6.45) is 1.38. The van der Waals surface area contributed by atoms with E-state index in [1.165, 1.54) is 12.3 Å². The van der Waals surface area contributed by atoms with E-state index in [1.54, 1.807) is 18.2 Å². The number of hydrogen-bond donors (Lipinski definition) is 1. The average molecular weight is 387 g/mol. The van der Waals surface area contributed by atoms with E-state index in [9.17, 15) is 4.79 Å². The largest absolute Gasteiger partial charge is 0.378 e. The summed E-state index contributed by atoms with van der Waals surface area (Å²) >= 11 is 18.1. The summed E-state index contributed by atoms with van der Waals surface area (Å²) in [5.41, 5.74) is 1.72. The summed E-state index contributed by atoms with van der Waals surface area (Å²) < 4.78 is 5.37. The number of rotatable bonds is 3. The fourth-order valence-corrected chi connectivity index (χ4v) is 3.03. The lowest BCUT2D eigenvalue weighted by Gasteiger charge is -2.31. The highest BCUT2D eigenvalue weighted by Crippen LogP contribution is 2.34. The number of para-hydroxylation sites is 1. The van der Waals surface area contributed by atoms with Gasteiger partial charge in [0.2, 0.25) is 0 Å². The molecule has 1 saturated heterocycles. The van der Waals surface area contributed by atoms with Gasteiger partial charge in [-0.2, -0.15) is 0 Å². The van der Waals surface area contributed by atoms with Crippen LogP contribution < -0.4 is 10.2 Å². The van der Waals surface area contributed by atoms with Crippen molar-refractivity contribution in [2.45, 2.75) is 0 Å². The zero-order valence-corrected chi connectivity index (χ0v) is 14.8. The number of aromatic nitrogens is 1. The number of carbonyl (C=O) groups is 1. The Kier molecular flexibility index (Phi) is 5.46. The Bertz CT molecular complexity index is 764. The zero-order valence-electron chi connectivity index (χ0n) is 12.6. The minimum Gasteiger partial charge on any atom is -0.378 e. The number of halogens is 3. The quantitative estimate of drug-likeness (QED) is 0.806. The molecule has 24 heavy (non-hydrogen) atoms. The van der Waals surface area contributed by atoms with Crippen molar-refractivity contribution in [2.75, 3.05) is 36.5 Å². The molecule has 0 spiro atoms. The average Bonchev–Trinajstić information content (AvgIpc) is 2.58. The van der Waals surface area contributed by atoms with Crippen LogP contribution in [0.15, 0.2) is 30.5 Å². The van der Waals surface area contributed by atoms with Crippen molar-refractivity contribution in [1.82, 2.24) is 4.98 Å². The summed E-state index contributed by atoms with van der Waals surface area (Å²) in [6.45, 7) is 2.66. The van der Waals surface area contributed by atoms with E-state index in [0.717, 1.165) is 5.69 Å². The molecule has 1 aliphatic heterocycles. The van der Waals surface area contributed by atoms with Crippen molar-refractivity contribution >= 4 is 52.1 Å². The molecule has 8 heteroatoms. The summed E-state index contributed by atoms with van der Waals surface area (Å²) in [4.78, 5) is 18.5. The van der Waals surface area contributed by atoms with Crippen LogP contribution in [-0.4, -0.2) is 37.2 Å². The first-order valence-corrected chi connectivity index (χ1v) is 8.43. The molecule has 0 bridgehead atoms. The van der Waals surface area contributed by atoms with Gasteiger partial charge in [-0.05, 0) is 18.2 Å². The summed E-state index contributed by atoms with van der Waals surface area (Å²) in [7, 11) is 0. The van der Waals surface area contributed by atoms with Crippen molar-refractivity contribution < 1.29 is 9.53 Å². The maximum atomic E-state index is 12.5. The molecular weight excluding hydrogens is 373 g/mol. The Labute approximate surface area is 154 Å². The predicted octanol–water partition coefficient (Wildman–Crippen LogP) is 4.13. The fraction of sp³-hybridized carbons (Fsp3) is 0.250. The topological polar surface area (TPSA) is 54.5 Å². The lowest BCUT2D eigenvalue weighted by atomic mass is 10.2. The van der Waals surface area contributed by atoms with E-state index in [0.29, 0.717) is 42.6 Å². The molecule has 0 atom stereocenters. The highest BCUT2D eigenvalue weighted by Gasteiger charge is 2.19. The summed E-state index contributed by atoms with van der Waals surface area (Å²) in [5, 5.41) is 3.82. The number of amides is 1. The second-order valence-electron chi connectivity index (χ2n) is 5.19. The van der Waals surface area contributed by atoms with Crippen LogP contribution in [0.1, 0.15) is 10.4 Å². The van der Waals surface area contributed by atoms with Gasteiger partial charge in [-0.25, -0.2) is 4.98 Å². The van der Waals surface area contributed by atoms with E-state index in [-0.39, 0.29) is 16.1 Å². The summed E-state index contributed by atoms with van der Waals surface area (Å²) in [6, 6.07) is 6.86. The molecule has 1 aromatic heterocycles. The number of anilines is 2. The van der Waals surface area contributed by atoms with E-state index >= 15 is 0 Å².